The average molecular weight is 556 g/mol. The van der Waals surface area contributed by atoms with Gasteiger partial charge in [0.15, 0.2) is 11.0 Å². The van der Waals surface area contributed by atoms with Gasteiger partial charge in [0.25, 0.3) is 5.91 Å². The molecule has 3 aromatic rings. The molecule has 1 unspecified atom stereocenters. The fourth-order valence-corrected chi connectivity index (χ4v) is 5.57. The Kier molecular flexibility index (Phi) is 7.99. The molecule has 11 heteroatoms. The first kappa shape index (κ1) is 26.9. The Morgan fingerprint density at radius 3 is 2.72 bits per heavy atom. The number of carbonyl (C=O) groups is 2. The number of alkyl halides is 2. The lowest BCUT2D eigenvalue weighted by Gasteiger charge is -2.18. The summed E-state index contributed by atoms with van der Waals surface area (Å²) in [6.07, 6.45) is 5.19. The summed E-state index contributed by atoms with van der Waals surface area (Å²) in [6, 6.07) is 10.9. The highest BCUT2D eigenvalue weighted by molar-refractivity contribution is 8.14. The van der Waals surface area contributed by atoms with Crippen LogP contribution in [0.25, 0.3) is 6.08 Å². The van der Waals surface area contributed by atoms with Crippen molar-refractivity contribution in [3.63, 3.8) is 0 Å². The maximum Gasteiger partial charge on any atom is 0.387 e. The molecule has 1 amide bonds. The fraction of sp³-hybridized carbons (Fsp3) is 0.321. The molecule has 2 aromatic heterocycles. The molecule has 0 aliphatic carbocycles. The van der Waals surface area contributed by atoms with E-state index in [2.05, 4.69) is 14.3 Å². The van der Waals surface area contributed by atoms with Crippen molar-refractivity contribution in [2.45, 2.75) is 45.9 Å². The van der Waals surface area contributed by atoms with Gasteiger partial charge in [0.2, 0.25) is 0 Å². The van der Waals surface area contributed by atoms with Crippen LogP contribution >= 0.6 is 11.8 Å². The number of ether oxygens (including phenoxy) is 2. The lowest BCUT2D eigenvalue weighted by atomic mass is 10.2. The first-order valence-corrected chi connectivity index (χ1v) is 13.5. The number of ketones is 1. The molecule has 1 saturated heterocycles. The van der Waals surface area contributed by atoms with Gasteiger partial charge in [0.1, 0.15) is 17.2 Å². The van der Waals surface area contributed by atoms with Crippen LogP contribution in [0.1, 0.15) is 40.3 Å². The van der Waals surface area contributed by atoms with Crippen LogP contribution in [0, 0.1) is 13.8 Å². The first-order chi connectivity index (χ1) is 18.8. The van der Waals surface area contributed by atoms with Crippen molar-refractivity contribution in [3.05, 3.63) is 77.1 Å². The molecule has 204 valence electrons. The zero-order valence-corrected chi connectivity index (χ0v) is 22.2. The molecule has 0 saturated carbocycles. The van der Waals surface area contributed by atoms with Gasteiger partial charge >= 0.3 is 6.61 Å². The van der Waals surface area contributed by atoms with Crippen molar-refractivity contribution in [3.8, 4) is 5.75 Å². The van der Waals surface area contributed by atoms with Crippen LogP contribution in [-0.2, 0) is 16.1 Å². The number of amides is 1. The van der Waals surface area contributed by atoms with Crippen LogP contribution in [0.3, 0.4) is 0 Å². The largest absolute Gasteiger partial charge is 0.465 e. The van der Waals surface area contributed by atoms with Crippen LogP contribution in [0.4, 0.5) is 14.5 Å². The van der Waals surface area contributed by atoms with Crippen molar-refractivity contribution in [1.82, 2.24) is 4.57 Å². The number of aryl methyl sites for hydroxylation is 1. The first-order valence-electron chi connectivity index (χ1n) is 12.5. The van der Waals surface area contributed by atoms with Gasteiger partial charge in [-0.2, -0.15) is 8.78 Å². The highest BCUT2D eigenvalue weighted by Gasteiger charge is 2.33. The van der Waals surface area contributed by atoms with Crippen LogP contribution in [0.2, 0.25) is 0 Å². The number of nitrogens with zero attached hydrogens (tertiary/aromatic N) is 3. The number of aliphatic imine (C=N–C) groups is 1. The summed E-state index contributed by atoms with van der Waals surface area (Å²) in [4.78, 5) is 32.4. The second kappa shape index (κ2) is 11.6. The molecule has 5 rings (SSSR count). The van der Waals surface area contributed by atoms with Crippen molar-refractivity contribution in [1.29, 1.82) is 0 Å². The zero-order chi connectivity index (χ0) is 27.5. The number of amidine groups is 1. The third-order valence-corrected chi connectivity index (χ3v) is 7.53. The summed E-state index contributed by atoms with van der Waals surface area (Å²) < 4.78 is 42.8. The van der Waals surface area contributed by atoms with E-state index >= 15 is 0 Å². The van der Waals surface area contributed by atoms with Crippen molar-refractivity contribution in [2.75, 3.05) is 17.3 Å². The maximum atomic E-state index is 13.3. The molecule has 1 fully saturated rings. The molecule has 0 spiro atoms. The monoisotopic (exact) mass is 555 g/mol. The van der Waals surface area contributed by atoms with Crippen LogP contribution in [-0.4, -0.2) is 46.5 Å². The quantitative estimate of drug-likeness (QED) is 0.244. The molecule has 0 bridgehead atoms. The summed E-state index contributed by atoms with van der Waals surface area (Å²) >= 11 is 1.13. The smallest absolute Gasteiger partial charge is 0.387 e. The normalized spacial score (nSPS) is 18.4. The lowest BCUT2D eigenvalue weighted by molar-refractivity contribution is -0.113. The molecule has 0 radical (unpaired) electrons. The minimum atomic E-state index is -2.96. The number of benzene rings is 1. The van der Waals surface area contributed by atoms with Gasteiger partial charge in [0.05, 0.1) is 23.8 Å². The molecule has 2 aliphatic rings. The molecular formula is C28H27F2N3O5S. The summed E-state index contributed by atoms with van der Waals surface area (Å²) in [6.45, 7) is 2.41. The Hall–Kier alpha value is -3.70. The molecule has 4 heterocycles. The van der Waals surface area contributed by atoms with E-state index in [1.165, 1.54) is 41.5 Å². The summed E-state index contributed by atoms with van der Waals surface area (Å²) in [7, 11) is 0. The van der Waals surface area contributed by atoms with E-state index in [1.807, 2.05) is 19.9 Å². The number of carbonyl (C=O) groups excluding carboxylic acids is 2. The summed E-state index contributed by atoms with van der Waals surface area (Å²) in [5.41, 5.74) is 3.01. The second-order valence-electron chi connectivity index (χ2n) is 9.19. The number of anilines is 1. The Morgan fingerprint density at radius 2 is 2.05 bits per heavy atom. The van der Waals surface area contributed by atoms with Crippen LogP contribution in [0.5, 0.6) is 5.75 Å². The number of aromatic nitrogens is 1. The molecule has 8 nitrogen and oxygen atoms in total. The van der Waals surface area contributed by atoms with E-state index in [1.54, 1.807) is 12.1 Å². The lowest BCUT2D eigenvalue weighted by Crippen LogP contribution is -2.30. The molecule has 2 aliphatic heterocycles. The summed E-state index contributed by atoms with van der Waals surface area (Å²) in [5.74, 6) is -0.0623. The van der Waals surface area contributed by atoms with Gasteiger partial charge in [-0.3, -0.25) is 14.5 Å². The van der Waals surface area contributed by atoms with Crippen LogP contribution < -0.4 is 9.64 Å². The maximum absolute atomic E-state index is 13.3. The second-order valence-corrected chi connectivity index (χ2v) is 10.1. The number of hydrogen-bond acceptors (Lipinski definition) is 7. The average Bonchev–Trinajstić information content (AvgIpc) is 3.71. The number of Topliss-reactive ketones (excluding diaryl/α,β-unsaturated/α-hetero) is 1. The van der Waals surface area contributed by atoms with Crippen LogP contribution in [0.15, 0.2) is 63.8 Å². The fourth-order valence-electron chi connectivity index (χ4n) is 4.67. The van der Waals surface area contributed by atoms with Gasteiger partial charge in [-0.1, -0.05) is 11.8 Å². The predicted molar refractivity (Wildman–Crippen MR) is 144 cm³/mol. The van der Waals surface area contributed by atoms with Gasteiger partial charge in [0, 0.05) is 36.2 Å². The van der Waals surface area contributed by atoms with E-state index in [4.69, 9.17) is 9.15 Å². The number of hydrogen-bond donors (Lipinski definition) is 0. The molecule has 1 atom stereocenters. The van der Waals surface area contributed by atoms with E-state index in [0.29, 0.717) is 28.7 Å². The number of rotatable bonds is 9. The van der Waals surface area contributed by atoms with E-state index in [9.17, 15) is 18.4 Å². The Morgan fingerprint density at radius 1 is 1.26 bits per heavy atom. The van der Waals surface area contributed by atoms with Crippen molar-refractivity contribution >= 4 is 40.4 Å². The van der Waals surface area contributed by atoms with Crippen molar-refractivity contribution in [2.24, 2.45) is 4.99 Å². The number of halogens is 2. The van der Waals surface area contributed by atoms with Gasteiger partial charge in [-0.15, -0.1) is 0 Å². The number of furan rings is 1. The minimum Gasteiger partial charge on any atom is -0.465 e. The summed E-state index contributed by atoms with van der Waals surface area (Å²) in [5, 5.41) is 0.293. The molecule has 0 N–H and O–H groups in total. The third-order valence-electron chi connectivity index (χ3n) is 6.59. The van der Waals surface area contributed by atoms with E-state index in [-0.39, 0.29) is 29.1 Å². The third kappa shape index (κ3) is 5.99. The molecule has 39 heavy (non-hydrogen) atoms. The predicted octanol–water partition coefficient (Wildman–Crippen LogP) is 5.84. The Labute approximate surface area is 228 Å². The minimum absolute atomic E-state index is 0.0357. The van der Waals surface area contributed by atoms with Gasteiger partial charge in [-0.25, -0.2) is 4.99 Å². The van der Waals surface area contributed by atoms with Gasteiger partial charge < -0.3 is 18.5 Å². The van der Waals surface area contributed by atoms with E-state index in [0.717, 1.165) is 42.6 Å². The topological polar surface area (TPSA) is 86.3 Å². The van der Waals surface area contributed by atoms with Crippen molar-refractivity contribution < 1.29 is 32.3 Å². The van der Waals surface area contributed by atoms with E-state index < -0.39 is 12.5 Å². The SMILES string of the molecule is Cc1cc(C(=O)CSC2=N/C(=C/c3ccco3)C(=O)N2c2ccc(OC(F)F)cc2)c(C)n1CC1CCCO1. The highest BCUT2D eigenvalue weighted by atomic mass is 32.2. The van der Waals surface area contributed by atoms with Gasteiger partial charge in [-0.05, 0) is 69.2 Å². The highest BCUT2D eigenvalue weighted by Crippen LogP contribution is 2.32. The number of thioether (sulfide) groups is 1. The molecule has 1 aromatic carbocycles. The Balaban J connectivity index is 1.36. The Bertz CT molecular complexity index is 1410. The molecular weight excluding hydrogens is 528 g/mol. The zero-order valence-electron chi connectivity index (χ0n) is 21.4. The standard InChI is InChI=1S/C28H27F2N3O5S/c1-17-13-23(18(2)32(17)15-22-6-4-12-37-22)25(34)16-39-28-31-24(14-21-5-3-11-36-21)26(35)33(28)19-7-9-20(10-8-19)38-27(29)30/h3,5,7-11,13-14,22,27H,4,6,12,15-16H2,1-2H3/b24-14+.